The zero-order valence-electron chi connectivity index (χ0n) is 6.55. The maximum Gasteiger partial charge on any atom is 0.171 e. The fourth-order valence-electron chi connectivity index (χ4n) is 0.821. The Kier molecular flexibility index (Phi) is 3.20. The zero-order valence-corrected chi connectivity index (χ0v) is 7.31. The highest BCUT2D eigenvalue weighted by molar-refractivity contribution is 6.29. The van der Waals surface area contributed by atoms with Crippen LogP contribution in [0.15, 0.2) is 18.2 Å². The molecule has 68 valence electrons. The predicted molar refractivity (Wildman–Crippen MR) is 45.8 cm³/mol. The number of aliphatic hydroxyl groups excluding tert-OH is 2. The molecule has 0 saturated carbocycles. The van der Waals surface area contributed by atoms with Gasteiger partial charge in [-0.1, -0.05) is 17.7 Å². The van der Waals surface area contributed by atoms with Crippen LogP contribution in [0.2, 0.25) is 5.15 Å². The molecule has 1 rings (SSSR count). The summed E-state index contributed by atoms with van der Waals surface area (Å²) in [6, 6.07) is 6.11. The molecule has 2 atom stereocenters. The lowest BCUT2D eigenvalue weighted by molar-refractivity contribution is 0.0499. The van der Waals surface area contributed by atoms with Gasteiger partial charge in [0.05, 0.1) is 11.8 Å². The van der Waals surface area contributed by atoms with Crippen LogP contribution in [0.3, 0.4) is 0 Å². The van der Waals surface area contributed by atoms with Gasteiger partial charge in [0.15, 0.2) is 6.10 Å². The summed E-state index contributed by atoms with van der Waals surface area (Å²) in [4.78, 5) is 3.75. The molecular weight excluding hydrogens is 192 g/mol. The first-order valence-electron chi connectivity index (χ1n) is 3.53. The van der Waals surface area contributed by atoms with Gasteiger partial charge in [-0.15, -0.1) is 0 Å². The van der Waals surface area contributed by atoms with Crippen molar-refractivity contribution in [1.29, 1.82) is 5.26 Å². The first-order valence-corrected chi connectivity index (χ1v) is 3.91. The lowest BCUT2D eigenvalue weighted by Crippen LogP contribution is -2.16. The Morgan fingerprint density at radius 2 is 2.15 bits per heavy atom. The van der Waals surface area contributed by atoms with Crippen molar-refractivity contribution in [3.8, 4) is 6.07 Å². The minimum atomic E-state index is -1.48. The van der Waals surface area contributed by atoms with Crippen molar-refractivity contribution in [2.75, 3.05) is 0 Å². The number of hydrogen-bond acceptors (Lipinski definition) is 4. The van der Waals surface area contributed by atoms with Gasteiger partial charge in [0.25, 0.3) is 0 Å². The molecule has 4 nitrogen and oxygen atoms in total. The van der Waals surface area contributed by atoms with Gasteiger partial charge in [-0.3, -0.25) is 0 Å². The van der Waals surface area contributed by atoms with Crippen LogP contribution in [0.5, 0.6) is 0 Å². The molecule has 0 aliphatic carbocycles. The van der Waals surface area contributed by atoms with E-state index in [0.29, 0.717) is 0 Å². The van der Waals surface area contributed by atoms with Gasteiger partial charge in [-0.25, -0.2) is 4.98 Å². The normalized spacial score (nSPS) is 14.6. The minimum Gasteiger partial charge on any atom is -0.383 e. The number of aliphatic hydroxyl groups is 2. The van der Waals surface area contributed by atoms with Gasteiger partial charge < -0.3 is 10.2 Å². The molecule has 0 fully saturated rings. The summed E-state index contributed by atoms with van der Waals surface area (Å²) >= 11 is 5.55. The average Bonchev–Trinajstić information content (AvgIpc) is 2.15. The third-order valence-electron chi connectivity index (χ3n) is 1.47. The molecular formula is C8H7ClN2O2. The average molecular weight is 199 g/mol. The summed E-state index contributed by atoms with van der Waals surface area (Å²) in [5, 5.41) is 26.8. The second kappa shape index (κ2) is 4.19. The largest absolute Gasteiger partial charge is 0.383 e. The van der Waals surface area contributed by atoms with Crippen LogP contribution in [0.1, 0.15) is 11.8 Å². The first kappa shape index (κ1) is 9.93. The van der Waals surface area contributed by atoms with Crippen molar-refractivity contribution in [3.63, 3.8) is 0 Å². The standard InChI is InChI=1S/C8H7ClN2O2/c9-7-3-1-2-5(11-7)8(13)6(12)4-10/h1-3,6,8,12-13H. The maximum atomic E-state index is 9.32. The minimum absolute atomic E-state index is 0.182. The van der Waals surface area contributed by atoms with Crippen molar-refractivity contribution in [1.82, 2.24) is 4.98 Å². The van der Waals surface area contributed by atoms with E-state index in [4.69, 9.17) is 22.0 Å². The lowest BCUT2D eigenvalue weighted by Gasteiger charge is -2.10. The van der Waals surface area contributed by atoms with E-state index in [1.807, 2.05) is 0 Å². The van der Waals surface area contributed by atoms with Gasteiger partial charge in [0, 0.05) is 0 Å². The summed E-state index contributed by atoms with van der Waals surface area (Å²) in [6.07, 6.45) is -2.80. The van der Waals surface area contributed by atoms with E-state index in [1.54, 1.807) is 6.07 Å². The topological polar surface area (TPSA) is 77.1 Å². The number of nitrogens with zero attached hydrogens (tertiary/aromatic N) is 2. The van der Waals surface area contributed by atoms with E-state index in [2.05, 4.69) is 4.98 Å². The molecule has 0 amide bonds. The molecule has 0 spiro atoms. The third kappa shape index (κ3) is 2.39. The summed E-state index contributed by atoms with van der Waals surface area (Å²) in [6.45, 7) is 0. The molecule has 1 aromatic rings. The number of halogens is 1. The van der Waals surface area contributed by atoms with Crippen molar-refractivity contribution >= 4 is 11.6 Å². The smallest absolute Gasteiger partial charge is 0.171 e. The van der Waals surface area contributed by atoms with Crippen LogP contribution >= 0.6 is 11.6 Å². The number of hydrogen-bond donors (Lipinski definition) is 2. The highest BCUT2D eigenvalue weighted by Gasteiger charge is 2.18. The lowest BCUT2D eigenvalue weighted by atomic mass is 10.1. The van der Waals surface area contributed by atoms with Gasteiger partial charge in [0.1, 0.15) is 11.3 Å². The molecule has 5 heteroatoms. The fraction of sp³-hybridized carbons (Fsp3) is 0.250. The summed E-state index contributed by atoms with van der Waals surface area (Å²) in [7, 11) is 0. The maximum absolute atomic E-state index is 9.32. The SMILES string of the molecule is N#CC(O)C(O)c1cccc(Cl)n1. The molecule has 0 radical (unpaired) electrons. The van der Waals surface area contributed by atoms with Gasteiger partial charge in [-0.05, 0) is 12.1 Å². The molecule has 0 saturated heterocycles. The molecule has 1 heterocycles. The van der Waals surface area contributed by atoms with E-state index in [9.17, 15) is 5.11 Å². The molecule has 0 bridgehead atoms. The highest BCUT2D eigenvalue weighted by Crippen LogP contribution is 2.16. The Hall–Kier alpha value is -1.15. The number of pyridine rings is 1. The van der Waals surface area contributed by atoms with E-state index in [-0.39, 0.29) is 10.8 Å². The van der Waals surface area contributed by atoms with Crippen LogP contribution in [0.4, 0.5) is 0 Å². The molecule has 0 aliphatic heterocycles. The van der Waals surface area contributed by atoms with E-state index in [1.165, 1.54) is 18.2 Å². The van der Waals surface area contributed by atoms with Crippen LogP contribution in [0, 0.1) is 11.3 Å². The van der Waals surface area contributed by atoms with Gasteiger partial charge in [0.2, 0.25) is 0 Å². The van der Waals surface area contributed by atoms with Gasteiger partial charge >= 0.3 is 0 Å². The van der Waals surface area contributed by atoms with E-state index in [0.717, 1.165) is 0 Å². The Morgan fingerprint density at radius 3 is 2.69 bits per heavy atom. The second-order valence-corrected chi connectivity index (χ2v) is 2.79. The zero-order chi connectivity index (χ0) is 9.84. The number of nitriles is 1. The molecule has 13 heavy (non-hydrogen) atoms. The van der Waals surface area contributed by atoms with Crippen LogP contribution < -0.4 is 0 Å². The van der Waals surface area contributed by atoms with Crippen molar-refractivity contribution < 1.29 is 10.2 Å². The van der Waals surface area contributed by atoms with Crippen molar-refractivity contribution in [2.45, 2.75) is 12.2 Å². The third-order valence-corrected chi connectivity index (χ3v) is 1.68. The molecule has 2 N–H and O–H groups in total. The Balaban J connectivity index is 2.90. The summed E-state index contributed by atoms with van der Waals surface area (Å²) in [5.41, 5.74) is 0.182. The first-order chi connectivity index (χ1) is 6.15. The predicted octanol–water partition coefficient (Wildman–Crippen LogP) is 0.653. The quantitative estimate of drug-likeness (QED) is 0.541. The van der Waals surface area contributed by atoms with Crippen molar-refractivity contribution in [3.05, 3.63) is 29.0 Å². The van der Waals surface area contributed by atoms with Gasteiger partial charge in [-0.2, -0.15) is 5.26 Å². The second-order valence-electron chi connectivity index (χ2n) is 2.40. The van der Waals surface area contributed by atoms with Crippen LogP contribution in [-0.4, -0.2) is 21.3 Å². The van der Waals surface area contributed by atoms with E-state index < -0.39 is 12.2 Å². The Morgan fingerprint density at radius 1 is 1.46 bits per heavy atom. The van der Waals surface area contributed by atoms with Crippen LogP contribution in [0.25, 0.3) is 0 Å². The number of aromatic nitrogens is 1. The fourth-order valence-corrected chi connectivity index (χ4v) is 0.991. The Bertz CT molecular complexity index is 337. The Labute approximate surface area is 80.0 Å². The van der Waals surface area contributed by atoms with Crippen molar-refractivity contribution in [2.24, 2.45) is 0 Å². The van der Waals surface area contributed by atoms with Crippen LogP contribution in [-0.2, 0) is 0 Å². The molecule has 1 aromatic heterocycles. The molecule has 0 aliphatic rings. The van der Waals surface area contributed by atoms with E-state index >= 15 is 0 Å². The summed E-state index contributed by atoms with van der Waals surface area (Å²) < 4.78 is 0. The highest BCUT2D eigenvalue weighted by atomic mass is 35.5. The molecule has 2 unspecified atom stereocenters. The summed E-state index contributed by atoms with van der Waals surface area (Å²) in [5.74, 6) is 0. The molecule has 0 aromatic carbocycles. The number of rotatable bonds is 2. The monoisotopic (exact) mass is 198 g/mol.